The van der Waals surface area contributed by atoms with E-state index in [-0.39, 0.29) is 6.10 Å². The lowest BCUT2D eigenvalue weighted by atomic mass is 10.1. The largest absolute Gasteiger partial charge is 0.493 e. The summed E-state index contributed by atoms with van der Waals surface area (Å²) in [4.78, 5) is 0. The Balaban J connectivity index is 2.51. The van der Waals surface area contributed by atoms with Gasteiger partial charge in [0, 0.05) is 6.54 Å². The highest BCUT2D eigenvalue weighted by Gasteiger charge is 2.09. The highest BCUT2D eigenvalue weighted by atomic mass is 16.5. The number of hydrogen-bond acceptors (Lipinski definition) is 3. The van der Waals surface area contributed by atoms with Crippen LogP contribution in [0.15, 0.2) is 18.2 Å². The number of benzene rings is 1. The molecule has 1 atom stereocenters. The van der Waals surface area contributed by atoms with E-state index in [4.69, 9.17) is 9.47 Å². The highest BCUT2D eigenvalue weighted by molar-refractivity contribution is 5.43. The monoisotopic (exact) mass is 265 g/mol. The van der Waals surface area contributed by atoms with Crippen LogP contribution in [-0.4, -0.2) is 26.3 Å². The van der Waals surface area contributed by atoms with E-state index < -0.39 is 0 Å². The fourth-order valence-electron chi connectivity index (χ4n) is 1.89. The van der Waals surface area contributed by atoms with Gasteiger partial charge in [0.25, 0.3) is 0 Å². The van der Waals surface area contributed by atoms with Gasteiger partial charge >= 0.3 is 0 Å². The van der Waals surface area contributed by atoms with Gasteiger partial charge in [0.05, 0.1) is 7.11 Å². The summed E-state index contributed by atoms with van der Waals surface area (Å²) in [5.41, 5.74) is 1.26. The molecule has 0 aliphatic rings. The quantitative estimate of drug-likeness (QED) is 0.694. The molecule has 1 aromatic carbocycles. The summed E-state index contributed by atoms with van der Waals surface area (Å²) in [7, 11) is 1.69. The molecule has 3 nitrogen and oxygen atoms in total. The third kappa shape index (κ3) is 5.52. The molecular weight excluding hydrogens is 238 g/mol. The van der Waals surface area contributed by atoms with Crippen molar-refractivity contribution in [1.82, 2.24) is 5.32 Å². The van der Waals surface area contributed by atoms with Crippen LogP contribution in [0, 0.1) is 0 Å². The van der Waals surface area contributed by atoms with E-state index in [2.05, 4.69) is 32.2 Å². The topological polar surface area (TPSA) is 30.5 Å². The van der Waals surface area contributed by atoms with Gasteiger partial charge in [0.2, 0.25) is 0 Å². The lowest BCUT2D eigenvalue weighted by Crippen LogP contribution is -2.29. The molecule has 3 heteroatoms. The molecule has 1 N–H and O–H groups in total. The average Bonchev–Trinajstić information content (AvgIpc) is 2.44. The van der Waals surface area contributed by atoms with Crippen molar-refractivity contribution >= 4 is 0 Å². The molecule has 1 aromatic rings. The molecule has 108 valence electrons. The molecule has 1 rings (SSSR count). The smallest absolute Gasteiger partial charge is 0.161 e. The number of methoxy groups -OCH3 is 1. The van der Waals surface area contributed by atoms with E-state index >= 15 is 0 Å². The lowest BCUT2D eigenvalue weighted by Gasteiger charge is -2.18. The second kappa shape index (κ2) is 8.81. The molecule has 0 spiro atoms. The van der Waals surface area contributed by atoms with E-state index in [1.807, 2.05) is 12.1 Å². The molecule has 19 heavy (non-hydrogen) atoms. The number of rotatable bonds is 9. The van der Waals surface area contributed by atoms with Gasteiger partial charge in [-0.15, -0.1) is 0 Å². The zero-order valence-electron chi connectivity index (χ0n) is 12.7. The SMILES string of the molecule is CCCCNCC(C)Oc1ccc(CC)cc1OC. The van der Waals surface area contributed by atoms with Crippen LogP contribution in [0.4, 0.5) is 0 Å². The summed E-state index contributed by atoms with van der Waals surface area (Å²) < 4.78 is 11.3. The van der Waals surface area contributed by atoms with E-state index in [0.29, 0.717) is 0 Å². The normalized spacial score (nSPS) is 12.2. The molecule has 0 saturated carbocycles. The average molecular weight is 265 g/mol. The fourth-order valence-corrected chi connectivity index (χ4v) is 1.89. The molecule has 0 aliphatic heterocycles. The molecule has 0 saturated heterocycles. The molecule has 0 aromatic heterocycles. The summed E-state index contributed by atoms with van der Waals surface area (Å²) in [6.07, 6.45) is 3.57. The van der Waals surface area contributed by atoms with E-state index in [1.165, 1.54) is 18.4 Å². The van der Waals surface area contributed by atoms with Crippen molar-refractivity contribution in [3.05, 3.63) is 23.8 Å². The van der Waals surface area contributed by atoms with Crippen LogP contribution in [0.3, 0.4) is 0 Å². The molecule has 0 heterocycles. The van der Waals surface area contributed by atoms with Gasteiger partial charge in [-0.25, -0.2) is 0 Å². The predicted octanol–water partition coefficient (Wildman–Crippen LogP) is 3.41. The maximum atomic E-state index is 5.93. The summed E-state index contributed by atoms with van der Waals surface area (Å²) in [5, 5.41) is 3.40. The molecule has 0 aliphatic carbocycles. The van der Waals surface area contributed by atoms with Crippen LogP contribution >= 0.6 is 0 Å². The van der Waals surface area contributed by atoms with Crippen molar-refractivity contribution in [3.63, 3.8) is 0 Å². The highest BCUT2D eigenvalue weighted by Crippen LogP contribution is 2.29. The van der Waals surface area contributed by atoms with Crippen molar-refractivity contribution in [1.29, 1.82) is 0 Å². The first-order valence-corrected chi connectivity index (χ1v) is 7.25. The molecule has 0 radical (unpaired) electrons. The summed E-state index contributed by atoms with van der Waals surface area (Å²) >= 11 is 0. The minimum atomic E-state index is 0.137. The van der Waals surface area contributed by atoms with Gasteiger partial charge in [-0.3, -0.25) is 0 Å². The van der Waals surface area contributed by atoms with Crippen molar-refractivity contribution in [2.75, 3.05) is 20.2 Å². The van der Waals surface area contributed by atoms with E-state index in [0.717, 1.165) is 31.0 Å². The van der Waals surface area contributed by atoms with Gasteiger partial charge in [0.15, 0.2) is 11.5 Å². The van der Waals surface area contributed by atoms with Crippen LogP contribution in [0.1, 0.15) is 39.2 Å². The number of ether oxygens (including phenoxy) is 2. The Kier molecular flexibility index (Phi) is 7.34. The Morgan fingerprint density at radius 1 is 1.21 bits per heavy atom. The van der Waals surface area contributed by atoms with Crippen LogP contribution in [-0.2, 0) is 6.42 Å². The van der Waals surface area contributed by atoms with Crippen molar-refractivity contribution in [2.24, 2.45) is 0 Å². The Morgan fingerprint density at radius 3 is 2.63 bits per heavy atom. The van der Waals surface area contributed by atoms with Gasteiger partial charge in [0.1, 0.15) is 6.10 Å². The van der Waals surface area contributed by atoms with E-state index in [9.17, 15) is 0 Å². The third-order valence-corrected chi connectivity index (χ3v) is 3.10. The van der Waals surface area contributed by atoms with Crippen LogP contribution in [0.2, 0.25) is 0 Å². The van der Waals surface area contributed by atoms with E-state index in [1.54, 1.807) is 7.11 Å². The molecule has 0 bridgehead atoms. The number of hydrogen-bond donors (Lipinski definition) is 1. The van der Waals surface area contributed by atoms with Crippen molar-refractivity contribution < 1.29 is 9.47 Å². The summed E-state index contributed by atoms with van der Waals surface area (Å²) in [6.45, 7) is 8.32. The second-order valence-corrected chi connectivity index (χ2v) is 4.82. The van der Waals surface area contributed by atoms with Crippen LogP contribution in [0.25, 0.3) is 0 Å². The number of unbranched alkanes of at least 4 members (excludes halogenated alkanes) is 1. The maximum absolute atomic E-state index is 5.93. The zero-order valence-corrected chi connectivity index (χ0v) is 12.7. The van der Waals surface area contributed by atoms with Crippen molar-refractivity contribution in [2.45, 2.75) is 46.1 Å². The third-order valence-electron chi connectivity index (χ3n) is 3.10. The lowest BCUT2D eigenvalue weighted by molar-refractivity contribution is 0.207. The molecule has 1 unspecified atom stereocenters. The maximum Gasteiger partial charge on any atom is 0.161 e. The Morgan fingerprint density at radius 2 is 2.00 bits per heavy atom. The van der Waals surface area contributed by atoms with Crippen LogP contribution < -0.4 is 14.8 Å². The minimum Gasteiger partial charge on any atom is -0.493 e. The number of nitrogens with one attached hydrogen (secondary N) is 1. The first kappa shape index (κ1) is 15.8. The molecule has 0 fully saturated rings. The predicted molar refractivity (Wildman–Crippen MR) is 80.2 cm³/mol. The fraction of sp³-hybridized carbons (Fsp3) is 0.625. The first-order chi connectivity index (χ1) is 9.21. The van der Waals surface area contributed by atoms with Gasteiger partial charge in [-0.1, -0.05) is 26.3 Å². The summed E-state index contributed by atoms with van der Waals surface area (Å²) in [6, 6.07) is 6.14. The Bertz CT molecular complexity index is 366. The molecular formula is C16H27NO2. The van der Waals surface area contributed by atoms with Gasteiger partial charge < -0.3 is 14.8 Å². The Labute approximate surface area is 117 Å². The van der Waals surface area contributed by atoms with Gasteiger partial charge in [-0.05, 0) is 44.0 Å². The minimum absolute atomic E-state index is 0.137. The first-order valence-electron chi connectivity index (χ1n) is 7.25. The number of aryl methyl sites for hydroxylation is 1. The van der Waals surface area contributed by atoms with Gasteiger partial charge in [-0.2, -0.15) is 0 Å². The van der Waals surface area contributed by atoms with Crippen LogP contribution in [0.5, 0.6) is 11.5 Å². The summed E-state index contributed by atoms with van der Waals surface area (Å²) in [5.74, 6) is 1.64. The molecule has 0 amide bonds. The zero-order chi connectivity index (χ0) is 14.1. The standard InChI is InChI=1S/C16H27NO2/c1-5-7-10-17-12-13(3)19-15-9-8-14(6-2)11-16(15)18-4/h8-9,11,13,17H,5-7,10,12H2,1-4H3. The second-order valence-electron chi connectivity index (χ2n) is 4.82. The van der Waals surface area contributed by atoms with Crippen molar-refractivity contribution in [3.8, 4) is 11.5 Å². The Hall–Kier alpha value is -1.22.